The fraction of sp³-hybridized carbons (Fsp3) is 0.429. The lowest BCUT2D eigenvalue weighted by atomic mass is 9.87. The first-order valence-corrected chi connectivity index (χ1v) is 9.98. The Morgan fingerprint density at radius 1 is 0.727 bits per heavy atom. The molecule has 0 aromatic heterocycles. The first-order chi connectivity index (χ1) is 10.5. The largest absolute Gasteiger partial charge is 0.0563 e. The van der Waals surface area contributed by atoms with Crippen molar-refractivity contribution in [3.8, 4) is 0 Å². The molecule has 22 heavy (non-hydrogen) atoms. The summed E-state index contributed by atoms with van der Waals surface area (Å²) in [6, 6.07) is 14.3. The van der Waals surface area contributed by atoms with Crippen LogP contribution in [-0.4, -0.2) is 6.16 Å². The Kier molecular flexibility index (Phi) is 4.69. The fourth-order valence-electron chi connectivity index (χ4n) is 3.51. The number of aryl methyl sites for hydroxylation is 4. The van der Waals surface area contributed by atoms with Crippen molar-refractivity contribution in [2.45, 2.75) is 47.0 Å². The van der Waals surface area contributed by atoms with Crippen LogP contribution in [0.4, 0.5) is 0 Å². The summed E-state index contributed by atoms with van der Waals surface area (Å²) in [5, 5.41) is 3.15. The zero-order chi connectivity index (χ0) is 15.7. The number of rotatable bonds is 4. The van der Waals surface area contributed by atoms with E-state index in [-0.39, 0.29) is 7.92 Å². The Labute approximate surface area is 136 Å². The van der Waals surface area contributed by atoms with Crippen LogP contribution < -0.4 is 10.6 Å². The van der Waals surface area contributed by atoms with Gasteiger partial charge in [0.05, 0.1) is 0 Å². The van der Waals surface area contributed by atoms with Gasteiger partial charge >= 0.3 is 0 Å². The maximum Gasteiger partial charge on any atom is -0.0190 e. The minimum atomic E-state index is -0.210. The molecule has 0 aliphatic heterocycles. The SMILES string of the molecule is Cc1cc(C)cc(P(CC2CCC2)c2cc(C)cc(C)c2)c1. The van der Waals surface area contributed by atoms with Gasteiger partial charge in [-0.2, -0.15) is 0 Å². The molecular weight excluding hydrogens is 283 g/mol. The quantitative estimate of drug-likeness (QED) is 0.685. The van der Waals surface area contributed by atoms with Gasteiger partial charge in [0.1, 0.15) is 0 Å². The average molecular weight is 310 g/mol. The second-order valence-electron chi connectivity index (χ2n) is 7.10. The van der Waals surface area contributed by atoms with Crippen LogP contribution in [0, 0.1) is 33.6 Å². The lowest BCUT2D eigenvalue weighted by Crippen LogP contribution is -2.23. The maximum atomic E-state index is 2.43. The van der Waals surface area contributed by atoms with Gasteiger partial charge in [-0.15, -0.1) is 0 Å². The summed E-state index contributed by atoms with van der Waals surface area (Å²) >= 11 is 0. The molecule has 1 fully saturated rings. The van der Waals surface area contributed by atoms with Crippen molar-refractivity contribution in [2.75, 3.05) is 6.16 Å². The summed E-state index contributed by atoms with van der Waals surface area (Å²) in [7, 11) is -0.210. The van der Waals surface area contributed by atoms with Crippen LogP contribution >= 0.6 is 7.92 Å². The number of hydrogen-bond acceptors (Lipinski definition) is 0. The van der Waals surface area contributed by atoms with Gasteiger partial charge in [0.15, 0.2) is 0 Å². The zero-order valence-corrected chi connectivity index (χ0v) is 15.2. The number of benzene rings is 2. The van der Waals surface area contributed by atoms with Crippen molar-refractivity contribution in [3.05, 3.63) is 58.7 Å². The third-order valence-electron chi connectivity index (χ3n) is 4.70. The summed E-state index contributed by atoms with van der Waals surface area (Å²) in [6.07, 6.45) is 5.69. The normalized spacial score (nSPS) is 15.1. The summed E-state index contributed by atoms with van der Waals surface area (Å²) in [4.78, 5) is 0. The molecule has 2 aromatic rings. The van der Waals surface area contributed by atoms with Crippen molar-refractivity contribution in [1.82, 2.24) is 0 Å². The van der Waals surface area contributed by atoms with Crippen LogP contribution in [0.25, 0.3) is 0 Å². The molecule has 0 radical (unpaired) electrons. The van der Waals surface area contributed by atoms with Crippen LogP contribution in [0.5, 0.6) is 0 Å². The van der Waals surface area contributed by atoms with Crippen molar-refractivity contribution < 1.29 is 0 Å². The maximum absolute atomic E-state index is 2.43. The van der Waals surface area contributed by atoms with Gasteiger partial charge in [0.2, 0.25) is 0 Å². The predicted octanol–water partition coefficient (Wildman–Crippen LogP) is 5.15. The van der Waals surface area contributed by atoms with E-state index in [0.29, 0.717) is 0 Å². The zero-order valence-electron chi connectivity index (χ0n) is 14.3. The van der Waals surface area contributed by atoms with Gasteiger partial charge in [-0.25, -0.2) is 0 Å². The molecule has 0 heterocycles. The van der Waals surface area contributed by atoms with Crippen LogP contribution in [-0.2, 0) is 0 Å². The second-order valence-corrected chi connectivity index (χ2v) is 9.35. The minimum Gasteiger partial charge on any atom is -0.0563 e. The van der Waals surface area contributed by atoms with Gasteiger partial charge in [-0.1, -0.05) is 77.9 Å². The fourth-order valence-corrected chi connectivity index (χ4v) is 6.55. The molecule has 1 aliphatic rings. The van der Waals surface area contributed by atoms with Crippen LogP contribution in [0.1, 0.15) is 41.5 Å². The molecule has 1 saturated carbocycles. The second kappa shape index (κ2) is 6.55. The molecular formula is C21H27P. The van der Waals surface area contributed by atoms with Crippen LogP contribution in [0.15, 0.2) is 36.4 Å². The first kappa shape index (κ1) is 15.8. The third-order valence-corrected chi connectivity index (χ3v) is 7.35. The third kappa shape index (κ3) is 3.61. The molecule has 0 amide bonds. The Hall–Kier alpha value is -1.13. The highest BCUT2D eigenvalue weighted by Gasteiger charge is 2.24. The topological polar surface area (TPSA) is 0 Å². The van der Waals surface area contributed by atoms with Gasteiger partial charge in [0.25, 0.3) is 0 Å². The molecule has 0 nitrogen and oxygen atoms in total. The lowest BCUT2D eigenvalue weighted by molar-refractivity contribution is 0.352. The molecule has 0 atom stereocenters. The molecule has 1 aliphatic carbocycles. The molecule has 0 spiro atoms. The lowest BCUT2D eigenvalue weighted by Gasteiger charge is -2.31. The molecule has 0 saturated heterocycles. The summed E-state index contributed by atoms with van der Waals surface area (Å²) in [6.45, 7) is 8.92. The standard InChI is InChI=1S/C21H27P/c1-15-8-16(2)11-20(10-15)22(14-19-6-5-7-19)21-12-17(3)9-18(4)13-21/h8-13,19H,5-7,14H2,1-4H3. The van der Waals surface area contributed by atoms with E-state index in [2.05, 4.69) is 64.1 Å². The smallest absolute Gasteiger partial charge is 0.0190 e. The Morgan fingerprint density at radius 3 is 1.45 bits per heavy atom. The minimum absolute atomic E-state index is 0.210. The van der Waals surface area contributed by atoms with Gasteiger partial charge in [-0.05, 0) is 58.3 Å². The summed E-state index contributed by atoms with van der Waals surface area (Å²) in [5.74, 6) is 0.952. The Balaban J connectivity index is 2.01. The highest BCUT2D eigenvalue weighted by molar-refractivity contribution is 7.73. The summed E-state index contributed by atoms with van der Waals surface area (Å²) < 4.78 is 0. The van der Waals surface area contributed by atoms with Gasteiger partial charge in [0, 0.05) is 0 Å². The van der Waals surface area contributed by atoms with Crippen molar-refractivity contribution >= 4 is 18.5 Å². The molecule has 0 unspecified atom stereocenters. The van der Waals surface area contributed by atoms with E-state index in [4.69, 9.17) is 0 Å². The van der Waals surface area contributed by atoms with Crippen LogP contribution in [0.2, 0.25) is 0 Å². The van der Waals surface area contributed by atoms with Gasteiger partial charge < -0.3 is 0 Å². The monoisotopic (exact) mass is 310 g/mol. The first-order valence-electron chi connectivity index (χ1n) is 8.45. The molecule has 0 bridgehead atoms. The predicted molar refractivity (Wildman–Crippen MR) is 100 cm³/mol. The van der Waals surface area contributed by atoms with E-state index >= 15 is 0 Å². The molecule has 2 aromatic carbocycles. The molecule has 116 valence electrons. The van der Waals surface area contributed by atoms with Crippen molar-refractivity contribution in [3.63, 3.8) is 0 Å². The van der Waals surface area contributed by atoms with Crippen LogP contribution in [0.3, 0.4) is 0 Å². The van der Waals surface area contributed by atoms with E-state index in [1.54, 1.807) is 10.6 Å². The van der Waals surface area contributed by atoms with E-state index in [9.17, 15) is 0 Å². The van der Waals surface area contributed by atoms with Gasteiger partial charge in [-0.3, -0.25) is 0 Å². The summed E-state index contributed by atoms with van der Waals surface area (Å²) in [5.41, 5.74) is 5.61. The average Bonchev–Trinajstić information content (AvgIpc) is 2.34. The van der Waals surface area contributed by atoms with Crippen molar-refractivity contribution in [2.24, 2.45) is 5.92 Å². The highest BCUT2D eigenvalue weighted by atomic mass is 31.1. The van der Waals surface area contributed by atoms with E-state index in [0.717, 1.165) is 5.92 Å². The molecule has 1 heteroatoms. The molecule has 3 rings (SSSR count). The van der Waals surface area contributed by atoms with E-state index in [1.807, 2.05) is 0 Å². The van der Waals surface area contributed by atoms with E-state index in [1.165, 1.54) is 47.7 Å². The van der Waals surface area contributed by atoms with E-state index < -0.39 is 0 Å². The Morgan fingerprint density at radius 2 is 1.14 bits per heavy atom. The Bertz CT molecular complexity index is 576. The number of hydrogen-bond donors (Lipinski definition) is 0. The molecule has 0 N–H and O–H groups in total. The van der Waals surface area contributed by atoms with Crippen molar-refractivity contribution in [1.29, 1.82) is 0 Å². The highest BCUT2D eigenvalue weighted by Crippen LogP contribution is 2.42.